The summed E-state index contributed by atoms with van der Waals surface area (Å²) < 4.78 is 0. The standard InChI is InChI=1S/C3H11N2Si/c1-6(2)3(4)5/h3H,4-5H2,1-2H3. The van der Waals surface area contributed by atoms with Crippen LogP contribution >= 0.6 is 0 Å². The first-order valence-corrected chi connectivity index (χ1v) is 4.53. The zero-order valence-corrected chi connectivity index (χ0v) is 5.23. The fourth-order valence-corrected chi connectivity index (χ4v) is 0. The maximum atomic E-state index is 5.26. The van der Waals surface area contributed by atoms with E-state index in [0.717, 1.165) is 0 Å². The van der Waals surface area contributed by atoms with Gasteiger partial charge in [-0.15, -0.1) is 0 Å². The zero-order chi connectivity index (χ0) is 5.15. The number of rotatable bonds is 1. The van der Waals surface area contributed by atoms with Crippen LogP contribution in [0, 0.1) is 0 Å². The highest BCUT2D eigenvalue weighted by atomic mass is 28.3. The van der Waals surface area contributed by atoms with Crippen molar-refractivity contribution in [2.24, 2.45) is 11.5 Å². The predicted octanol–water partition coefficient (Wildman–Crippen LogP) is -0.477. The highest BCUT2D eigenvalue weighted by molar-refractivity contribution is 6.57. The summed E-state index contributed by atoms with van der Waals surface area (Å²) in [4.78, 5) is 0. The summed E-state index contributed by atoms with van der Waals surface area (Å²) in [6.07, 6.45) is 0. The number of hydrogen-bond acceptors (Lipinski definition) is 2. The highest BCUT2D eigenvalue weighted by Crippen LogP contribution is 1.75. The second-order valence-electron chi connectivity index (χ2n) is 1.60. The van der Waals surface area contributed by atoms with Crippen molar-refractivity contribution in [2.75, 3.05) is 0 Å². The van der Waals surface area contributed by atoms with Crippen molar-refractivity contribution < 1.29 is 0 Å². The predicted molar refractivity (Wildman–Crippen MR) is 29.6 cm³/mol. The maximum Gasteiger partial charge on any atom is 0.0810 e. The third kappa shape index (κ3) is 2.38. The second kappa shape index (κ2) is 2.33. The van der Waals surface area contributed by atoms with Gasteiger partial charge in [0, 0.05) is 5.79 Å². The van der Waals surface area contributed by atoms with Crippen LogP contribution in [0.15, 0.2) is 0 Å². The van der Waals surface area contributed by atoms with Crippen LogP contribution in [0.3, 0.4) is 0 Å². The normalized spacial score (nSPS) is 11.0. The van der Waals surface area contributed by atoms with Gasteiger partial charge in [0.2, 0.25) is 0 Å². The van der Waals surface area contributed by atoms with Crippen LogP contribution in [0.4, 0.5) is 0 Å². The van der Waals surface area contributed by atoms with Gasteiger partial charge in [-0.3, -0.25) is 0 Å². The van der Waals surface area contributed by atoms with Gasteiger partial charge in [-0.1, -0.05) is 13.1 Å². The molecule has 0 aliphatic heterocycles. The Morgan fingerprint density at radius 1 is 1.33 bits per heavy atom. The van der Waals surface area contributed by atoms with E-state index in [9.17, 15) is 0 Å². The van der Waals surface area contributed by atoms with Crippen molar-refractivity contribution in [1.29, 1.82) is 0 Å². The molecule has 0 atom stereocenters. The first-order valence-electron chi connectivity index (χ1n) is 1.96. The molecular formula is C3H11N2Si. The second-order valence-corrected chi connectivity index (χ2v) is 4.42. The first-order chi connectivity index (χ1) is 2.64. The lowest BCUT2D eigenvalue weighted by molar-refractivity contribution is 0.943. The molecule has 6 heavy (non-hydrogen) atoms. The third-order valence-electron chi connectivity index (χ3n) is 0.667. The molecular weight excluding hydrogens is 92.1 g/mol. The SMILES string of the molecule is C[Si](C)C(N)N. The Balaban J connectivity index is 2.99. The Kier molecular flexibility index (Phi) is 2.39. The Morgan fingerprint density at radius 3 is 1.50 bits per heavy atom. The van der Waals surface area contributed by atoms with Crippen molar-refractivity contribution in [3.05, 3.63) is 0 Å². The van der Waals surface area contributed by atoms with Crippen LogP contribution in [0.25, 0.3) is 0 Å². The average molecular weight is 103 g/mol. The van der Waals surface area contributed by atoms with Crippen LogP contribution in [0.5, 0.6) is 0 Å². The van der Waals surface area contributed by atoms with Gasteiger partial charge < -0.3 is 11.5 Å². The minimum absolute atomic E-state index is 0.0463. The van der Waals surface area contributed by atoms with E-state index < -0.39 is 8.80 Å². The van der Waals surface area contributed by atoms with Gasteiger partial charge in [-0.25, -0.2) is 0 Å². The Bertz CT molecular complexity index is 29.8. The Hall–Kier alpha value is 0.137. The van der Waals surface area contributed by atoms with Gasteiger partial charge >= 0.3 is 0 Å². The fraction of sp³-hybridized carbons (Fsp3) is 1.00. The van der Waals surface area contributed by atoms with E-state index >= 15 is 0 Å². The van der Waals surface area contributed by atoms with Crippen molar-refractivity contribution in [2.45, 2.75) is 18.9 Å². The molecule has 0 saturated carbocycles. The van der Waals surface area contributed by atoms with Crippen LogP contribution in [-0.2, 0) is 0 Å². The summed E-state index contributed by atoms with van der Waals surface area (Å²) in [7, 11) is -0.396. The Morgan fingerprint density at radius 2 is 1.50 bits per heavy atom. The summed E-state index contributed by atoms with van der Waals surface area (Å²) >= 11 is 0. The largest absolute Gasteiger partial charge is 0.319 e. The molecule has 0 aliphatic rings. The minimum Gasteiger partial charge on any atom is -0.319 e. The van der Waals surface area contributed by atoms with Gasteiger partial charge in [0.05, 0.1) is 8.80 Å². The molecule has 0 heterocycles. The molecule has 0 saturated heterocycles. The van der Waals surface area contributed by atoms with Gasteiger partial charge in [-0.2, -0.15) is 0 Å². The van der Waals surface area contributed by atoms with Crippen LogP contribution in [-0.4, -0.2) is 14.6 Å². The number of hydrogen-bond donors (Lipinski definition) is 2. The first kappa shape index (κ1) is 6.14. The van der Waals surface area contributed by atoms with E-state index in [-0.39, 0.29) is 5.79 Å². The van der Waals surface area contributed by atoms with E-state index in [1.807, 2.05) is 0 Å². The van der Waals surface area contributed by atoms with Crippen molar-refractivity contribution in [1.82, 2.24) is 0 Å². The van der Waals surface area contributed by atoms with E-state index in [1.165, 1.54) is 0 Å². The molecule has 0 amide bonds. The molecule has 0 aliphatic carbocycles. The smallest absolute Gasteiger partial charge is 0.0810 e. The highest BCUT2D eigenvalue weighted by Gasteiger charge is 1.99. The summed E-state index contributed by atoms with van der Waals surface area (Å²) in [6, 6.07) is 0. The summed E-state index contributed by atoms with van der Waals surface area (Å²) in [5.74, 6) is -0.0463. The molecule has 0 unspecified atom stereocenters. The molecule has 0 rings (SSSR count). The summed E-state index contributed by atoms with van der Waals surface area (Å²) in [5.41, 5.74) is 10.5. The molecule has 0 fully saturated rings. The Labute approximate surface area is 40.1 Å². The van der Waals surface area contributed by atoms with Crippen molar-refractivity contribution >= 4 is 8.80 Å². The van der Waals surface area contributed by atoms with E-state index in [0.29, 0.717) is 0 Å². The lowest BCUT2D eigenvalue weighted by Crippen LogP contribution is -2.42. The molecule has 1 radical (unpaired) electrons. The maximum absolute atomic E-state index is 5.26. The molecule has 0 spiro atoms. The lowest BCUT2D eigenvalue weighted by Gasteiger charge is -2.03. The van der Waals surface area contributed by atoms with Gasteiger partial charge in [0.25, 0.3) is 0 Å². The third-order valence-corrected chi connectivity index (χ3v) is 2.00. The minimum atomic E-state index is -0.396. The quantitative estimate of drug-likeness (QED) is 0.348. The van der Waals surface area contributed by atoms with Crippen molar-refractivity contribution in [3.63, 3.8) is 0 Å². The van der Waals surface area contributed by atoms with Crippen LogP contribution < -0.4 is 11.5 Å². The molecule has 0 aromatic carbocycles. The average Bonchev–Trinajstić information content (AvgIpc) is 1.36. The van der Waals surface area contributed by atoms with Gasteiger partial charge in [-0.05, 0) is 0 Å². The number of nitrogens with two attached hydrogens (primary N) is 2. The molecule has 3 heteroatoms. The zero-order valence-electron chi connectivity index (χ0n) is 4.23. The molecule has 2 nitrogen and oxygen atoms in total. The van der Waals surface area contributed by atoms with Gasteiger partial charge in [0.1, 0.15) is 0 Å². The molecule has 0 aromatic heterocycles. The molecule has 37 valence electrons. The van der Waals surface area contributed by atoms with Crippen LogP contribution in [0.1, 0.15) is 0 Å². The summed E-state index contributed by atoms with van der Waals surface area (Å²) in [6.45, 7) is 4.19. The molecule has 0 bridgehead atoms. The summed E-state index contributed by atoms with van der Waals surface area (Å²) in [5, 5.41) is 0. The van der Waals surface area contributed by atoms with Crippen molar-refractivity contribution in [3.8, 4) is 0 Å². The monoisotopic (exact) mass is 103 g/mol. The fourth-order valence-electron chi connectivity index (χ4n) is 0. The topological polar surface area (TPSA) is 52.0 Å². The van der Waals surface area contributed by atoms with E-state index in [1.54, 1.807) is 0 Å². The molecule has 4 N–H and O–H groups in total. The van der Waals surface area contributed by atoms with Gasteiger partial charge in [0.15, 0.2) is 0 Å². The lowest BCUT2D eigenvalue weighted by atomic mass is 11.2. The van der Waals surface area contributed by atoms with E-state index in [2.05, 4.69) is 13.1 Å². The molecule has 0 aromatic rings. The van der Waals surface area contributed by atoms with Crippen LogP contribution in [0.2, 0.25) is 13.1 Å². The van der Waals surface area contributed by atoms with E-state index in [4.69, 9.17) is 11.5 Å².